The molecule has 0 N–H and O–H groups in total. The van der Waals surface area contributed by atoms with Gasteiger partial charge in [-0.1, -0.05) is 11.6 Å². The van der Waals surface area contributed by atoms with Crippen LogP contribution in [-0.2, 0) is 9.31 Å². The molecular weight excluding hydrogens is 370 g/mol. The number of hydrogen-bond donors (Lipinski definition) is 0. The van der Waals surface area contributed by atoms with Gasteiger partial charge in [0.1, 0.15) is 11.3 Å². The van der Waals surface area contributed by atoms with Gasteiger partial charge in [0.15, 0.2) is 6.10 Å². The monoisotopic (exact) mass is 390 g/mol. The maximum absolute atomic E-state index is 6.31. The Bertz CT molecular complexity index is 957. The topological polar surface area (TPSA) is 83.9 Å². The molecular formula is C17H20BClN4O4. The van der Waals surface area contributed by atoms with E-state index in [2.05, 4.69) is 15.3 Å². The minimum Gasteiger partial charge on any atom is -0.479 e. The summed E-state index contributed by atoms with van der Waals surface area (Å²) in [7, 11) is -0.552. The van der Waals surface area contributed by atoms with Gasteiger partial charge in [-0.05, 0) is 40.7 Å². The average Bonchev–Trinajstić information content (AvgIpc) is 3.27. The van der Waals surface area contributed by atoms with Gasteiger partial charge in [-0.2, -0.15) is 5.10 Å². The smallest absolute Gasteiger partial charge is 0.479 e. The minimum absolute atomic E-state index is 0.366. The van der Waals surface area contributed by atoms with Crippen LogP contribution in [0.3, 0.4) is 0 Å². The van der Waals surface area contributed by atoms with Crippen LogP contribution >= 0.6 is 11.6 Å². The fraction of sp³-hybridized carbons (Fsp3) is 0.471. The van der Waals surface area contributed by atoms with Crippen LogP contribution in [0.15, 0.2) is 29.3 Å². The summed E-state index contributed by atoms with van der Waals surface area (Å²) in [6.45, 7) is 9.84. The standard InChI is InChI=1S/C17H20BClN4O4/c1-10(15-22-20-9-24-15)25-13-6-11(8-23-14(13)12(19)7-21-23)18-26-16(2,3)17(4,5)27-18/h6-10H,1-5H3. The Kier molecular flexibility index (Phi) is 4.21. The molecule has 1 aliphatic rings. The summed E-state index contributed by atoms with van der Waals surface area (Å²) in [5, 5.41) is 12.4. The second-order valence-electron chi connectivity index (χ2n) is 7.55. The predicted molar refractivity (Wildman–Crippen MR) is 99.3 cm³/mol. The molecule has 4 heterocycles. The van der Waals surface area contributed by atoms with Crippen LogP contribution in [0.2, 0.25) is 5.02 Å². The minimum atomic E-state index is -0.552. The Morgan fingerprint density at radius 2 is 1.93 bits per heavy atom. The molecule has 1 unspecified atom stereocenters. The van der Waals surface area contributed by atoms with E-state index in [0.717, 1.165) is 5.46 Å². The van der Waals surface area contributed by atoms with Crippen molar-refractivity contribution in [2.75, 3.05) is 0 Å². The number of aromatic nitrogens is 4. The van der Waals surface area contributed by atoms with E-state index < -0.39 is 24.4 Å². The summed E-state index contributed by atoms with van der Waals surface area (Å²) in [6, 6.07) is 1.85. The lowest BCUT2D eigenvalue weighted by Crippen LogP contribution is -2.41. The van der Waals surface area contributed by atoms with Crippen molar-refractivity contribution in [2.45, 2.75) is 51.9 Å². The number of pyridine rings is 1. The van der Waals surface area contributed by atoms with Crippen molar-refractivity contribution in [1.82, 2.24) is 19.8 Å². The van der Waals surface area contributed by atoms with Gasteiger partial charge >= 0.3 is 7.12 Å². The summed E-state index contributed by atoms with van der Waals surface area (Å²) in [4.78, 5) is 0. The first-order valence-electron chi connectivity index (χ1n) is 8.63. The Hall–Kier alpha value is -2.10. The van der Waals surface area contributed by atoms with Crippen LogP contribution in [-0.4, -0.2) is 38.1 Å². The number of fused-ring (bicyclic) bond motifs is 1. The maximum atomic E-state index is 6.31. The van der Waals surface area contributed by atoms with Crippen LogP contribution in [0.1, 0.15) is 46.6 Å². The maximum Gasteiger partial charge on any atom is 0.496 e. The molecule has 1 saturated heterocycles. The third-order valence-electron chi connectivity index (χ3n) is 5.11. The van der Waals surface area contributed by atoms with E-state index >= 15 is 0 Å². The fourth-order valence-electron chi connectivity index (χ4n) is 2.87. The van der Waals surface area contributed by atoms with E-state index in [-0.39, 0.29) is 0 Å². The predicted octanol–water partition coefficient (Wildman–Crippen LogP) is 2.81. The number of ether oxygens (including phenoxy) is 1. The van der Waals surface area contributed by atoms with Gasteiger partial charge in [0.2, 0.25) is 6.39 Å². The summed E-state index contributed by atoms with van der Waals surface area (Å²) in [6.07, 6.45) is 4.19. The zero-order valence-corrected chi connectivity index (χ0v) is 16.5. The second-order valence-corrected chi connectivity index (χ2v) is 7.96. The zero-order valence-electron chi connectivity index (χ0n) is 15.8. The molecule has 3 aromatic heterocycles. The molecule has 0 aromatic carbocycles. The van der Waals surface area contributed by atoms with E-state index in [1.54, 1.807) is 10.7 Å². The van der Waals surface area contributed by atoms with Gasteiger partial charge in [-0.25, -0.2) is 4.52 Å². The summed E-state index contributed by atoms with van der Waals surface area (Å²) < 4.78 is 25.2. The number of hydrogen-bond acceptors (Lipinski definition) is 7. The van der Waals surface area contributed by atoms with E-state index in [9.17, 15) is 0 Å². The Morgan fingerprint density at radius 3 is 2.56 bits per heavy atom. The van der Waals surface area contributed by atoms with Crippen LogP contribution in [0.25, 0.3) is 5.52 Å². The highest BCUT2D eigenvalue weighted by atomic mass is 35.5. The molecule has 0 radical (unpaired) electrons. The summed E-state index contributed by atoms with van der Waals surface area (Å²) >= 11 is 6.31. The van der Waals surface area contributed by atoms with Gasteiger partial charge < -0.3 is 18.5 Å². The molecule has 0 spiro atoms. The average molecular weight is 391 g/mol. The Morgan fingerprint density at radius 1 is 1.22 bits per heavy atom. The highest BCUT2D eigenvalue weighted by Gasteiger charge is 2.52. The quantitative estimate of drug-likeness (QED) is 0.633. The Labute approximate surface area is 161 Å². The first-order chi connectivity index (χ1) is 12.7. The largest absolute Gasteiger partial charge is 0.496 e. The molecule has 0 amide bonds. The van der Waals surface area contributed by atoms with Crippen LogP contribution in [0.5, 0.6) is 5.75 Å². The van der Waals surface area contributed by atoms with Crippen LogP contribution in [0.4, 0.5) is 0 Å². The third kappa shape index (κ3) is 3.09. The highest BCUT2D eigenvalue weighted by molar-refractivity contribution is 6.62. The van der Waals surface area contributed by atoms with Gasteiger partial charge in [0.25, 0.3) is 5.89 Å². The van der Waals surface area contributed by atoms with E-state index in [0.29, 0.717) is 22.2 Å². The molecule has 8 nitrogen and oxygen atoms in total. The molecule has 0 saturated carbocycles. The van der Waals surface area contributed by atoms with Gasteiger partial charge in [0, 0.05) is 11.7 Å². The number of rotatable bonds is 4. The summed E-state index contributed by atoms with van der Waals surface area (Å²) in [5.41, 5.74) is 0.510. The molecule has 0 aliphatic carbocycles. The molecule has 1 fully saturated rings. The van der Waals surface area contributed by atoms with Crippen molar-refractivity contribution in [3.63, 3.8) is 0 Å². The van der Waals surface area contributed by atoms with Crippen molar-refractivity contribution in [1.29, 1.82) is 0 Å². The van der Waals surface area contributed by atoms with E-state index in [1.165, 1.54) is 6.39 Å². The van der Waals surface area contributed by atoms with Gasteiger partial charge in [-0.15, -0.1) is 10.2 Å². The van der Waals surface area contributed by atoms with Crippen LogP contribution < -0.4 is 10.2 Å². The molecule has 10 heteroatoms. The van der Waals surface area contributed by atoms with Crippen molar-refractivity contribution in [2.24, 2.45) is 0 Å². The molecule has 27 heavy (non-hydrogen) atoms. The summed E-state index contributed by atoms with van der Waals surface area (Å²) in [5.74, 6) is 0.889. The molecule has 1 aliphatic heterocycles. The number of nitrogens with zero attached hydrogens (tertiary/aromatic N) is 4. The van der Waals surface area contributed by atoms with Crippen LogP contribution in [0, 0.1) is 0 Å². The highest BCUT2D eigenvalue weighted by Crippen LogP contribution is 2.37. The van der Waals surface area contributed by atoms with Gasteiger partial charge in [-0.3, -0.25) is 0 Å². The number of halogens is 1. The molecule has 3 aromatic rings. The van der Waals surface area contributed by atoms with Crippen molar-refractivity contribution >= 4 is 29.7 Å². The van der Waals surface area contributed by atoms with Crippen molar-refractivity contribution in [3.8, 4) is 5.75 Å². The molecule has 0 bridgehead atoms. The fourth-order valence-corrected chi connectivity index (χ4v) is 3.09. The zero-order chi connectivity index (χ0) is 19.4. The lowest BCUT2D eigenvalue weighted by molar-refractivity contribution is 0.00578. The lowest BCUT2D eigenvalue weighted by Gasteiger charge is -2.32. The molecule has 4 rings (SSSR count). The second kappa shape index (κ2) is 6.22. The van der Waals surface area contributed by atoms with E-state index in [4.69, 9.17) is 30.1 Å². The van der Waals surface area contributed by atoms with E-state index in [1.807, 2.05) is 46.9 Å². The molecule has 142 valence electrons. The third-order valence-corrected chi connectivity index (χ3v) is 5.38. The van der Waals surface area contributed by atoms with Crippen molar-refractivity contribution in [3.05, 3.63) is 35.8 Å². The normalized spacial score (nSPS) is 19.6. The van der Waals surface area contributed by atoms with Gasteiger partial charge in [0.05, 0.1) is 22.4 Å². The SMILES string of the molecule is CC(Oc1cc(B2OC(C)(C)C(C)(C)O2)cn2ncc(Cl)c12)c1nnco1. The first-order valence-corrected chi connectivity index (χ1v) is 9.01. The lowest BCUT2D eigenvalue weighted by atomic mass is 9.80. The van der Waals surface area contributed by atoms with Crippen molar-refractivity contribution < 1.29 is 18.5 Å². The Balaban J connectivity index is 1.74. The first kappa shape index (κ1) is 18.3. The molecule has 1 atom stereocenters.